The van der Waals surface area contributed by atoms with Crippen LogP contribution in [0.4, 0.5) is 0 Å². The summed E-state index contributed by atoms with van der Waals surface area (Å²) in [6.45, 7) is 8.27. The molecule has 1 rings (SSSR count). The second kappa shape index (κ2) is 18.8. The first kappa shape index (κ1) is 25.9. The fourth-order valence-corrected chi connectivity index (χ4v) is 4.26. The third-order valence-electron chi connectivity index (χ3n) is 6.22. The van der Waals surface area contributed by atoms with Crippen molar-refractivity contribution in [3.63, 3.8) is 0 Å². The first-order valence-electron chi connectivity index (χ1n) is 12.5. The Morgan fingerprint density at radius 1 is 0.607 bits per heavy atom. The molecule has 0 saturated carbocycles. The van der Waals surface area contributed by atoms with E-state index < -0.39 is 6.10 Å². The van der Waals surface area contributed by atoms with Crippen LogP contribution in [0.2, 0.25) is 0 Å². The van der Waals surface area contributed by atoms with Crippen LogP contribution < -0.4 is 0 Å². The molecule has 1 unspecified atom stereocenters. The molecule has 0 aromatic rings. The van der Waals surface area contributed by atoms with Crippen LogP contribution in [0.25, 0.3) is 0 Å². The summed E-state index contributed by atoms with van der Waals surface area (Å²) in [5.74, 6) is 0. The van der Waals surface area contributed by atoms with Crippen LogP contribution in [0.3, 0.4) is 0 Å². The van der Waals surface area contributed by atoms with Crippen LogP contribution in [-0.4, -0.2) is 72.0 Å². The maximum Gasteiger partial charge on any atom is 0.0897 e. The zero-order chi connectivity index (χ0) is 20.3. The maximum atomic E-state index is 9.52. The number of aliphatic hydroxyl groups excluding tert-OH is 2. The van der Waals surface area contributed by atoms with Crippen LogP contribution in [-0.2, 0) is 0 Å². The Bertz CT molecular complexity index is 320. The van der Waals surface area contributed by atoms with Gasteiger partial charge in [0.25, 0.3) is 0 Å². The minimum atomic E-state index is -0.581. The van der Waals surface area contributed by atoms with Gasteiger partial charge in [0.2, 0.25) is 0 Å². The van der Waals surface area contributed by atoms with Crippen molar-refractivity contribution in [2.75, 3.05) is 45.9 Å². The smallest absolute Gasteiger partial charge is 0.0897 e. The van der Waals surface area contributed by atoms with Gasteiger partial charge in [-0.3, -0.25) is 4.90 Å². The molecule has 4 heteroatoms. The fraction of sp³-hybridized carbons (Fsp3) is 1.00. The first-order valence-corrected chi connectivity index (χ1v) is 12.5. The van der Waals surface area contributed by atoms with Crippen molar-refractivity contribution < 1.29 is 10.2 Å². The highest BCUT2D eigenvalue weighted by molar-refractivity contribution is 4.74. The van der Waals surface area contributed by atoms with E-state index in [9.17, 15) is 5.11 Å². The molecular weight excluding hydrogens is 348 g/mol. The quantitative estimate of drug-likeness (QED) is 0.306. The Morgan fingerprint density at radius 2 is 1.00 bits per heavy atom. The van der Waals surface area contributed by atoms with Crippen molar-refractivity contribution in [2.45, 2.75) is 109 Å². The Kier molecular flexibility index (Phi) is 17.4. The van der Waals surface area contributed by atoms with Crippen LogP contribution in [0.5, 0.6) is 0 Å². The van der Waals surface area contributed by atoms with Crippen LogP contribution >= 0.6 is 0 Å². The van der Waals surface area contributed by atoms with Gasteiger partial charge < -0.3 is 15.1 Å². The molecule has 0 aliphatic carbocycles. The molecule has 0 spiro atoms. The molecule has 1 aliphatic heterocycles. The van der Waals surface area contributed by atoms with E-state index in [0.717, 1.165) is 26.2 Å². The highest BCUT2D eigenvalue weighted by Crippen LogP contribution is 2.13. The summed E-state index contributed by atoms with van der Waals surface area (Å²) in [6.07, 6.45) is 20.8. The first-order chi connectivity index (χ1) is 13.8. The fourth-order valence-electron chi connectivity index (χ4n) is 4.26. The molecule has 1 fully saturated rings. The molecule has 0 aromatic carbocycles. The Balaban J connectivity index is 1.77. The lowest BCUT2D eigenvalue weighted by Crippen LogP contribution is -2.49. The molecule has 0 aromatic heterocycles. The van der Waals surface area contributed by atoms with Crippen molar-refractivity contribution in [1.82, 2.24) is 9.80 Å². The third kappa shape index (κ3) is 14.8. The molecule has 2 N–H and O–H groups in total. The monoisotopic (exact) mass is 398 g/mol. The highest BCUT2D eigenvalue weighted by Gasteiger charge is 2.18. The van der Waals surface area contributed by atoms with E-state index >= 15 is 0 Å². The topological polar surface area (TPSA) is 46.9 Å². The van der Waals surface area contributed by atoms with E-state index in [-0.39, 0.29) is 6.61 Å². The summed E-state index contributed by atoms with van der Waals surface area (Å²) in [4.78, 5) is 4.83. The molecule has 4 nitrogen and oxygen atoms in total. The number of piperazine rings is 1. The number of β-amino-alcohol motifs (C(OH)–C–C–N with tert-alkyl or cyclic N) is 1. The summed E-state index contributed by atoms with van der Waals surface area (Å²) in [7, 11) is 0. The zero-order valence-corrected chi connectivity index (χ0v) is 18.9. The summed E-state index contributed by atoms with van der Waals surface area (Å²) >= 11 is 0. The lowest BCUT2D eigenvalue weighted by Gasteiger charge is -2.35. The van der Waals surface area contributed by atoms with Gasteiger partial charge >= 0.3 is 0 Å². The van der Waals surface area contributed by atoms with Gasteiger partial charge in [-0.1, -0.05) is 96.8 Å². The van der Waals surface area contributed by atoms with E-state index in [1.54, 1.807) is 0 Å². The van der Waals surface area contributed by atoms with E-state index in [0.29, 0.717) is 6.54 Å². The van der Waals surface area contributed by atoms with Gasteiger partial charge in [0.15, 0.2) is 0 Å². The molecule has 28 heavy (non-hydrogen) atoms. The highest BCUT2D eigenvalue weighted by atomic mass is 16.3. The van der Waals surface area contributed by atoms with E-state index in [1.807, 2.05) is 0 Å². The Labute approximate surface area is 175 Å². The summed E-state index contributed by atoms with van der Waals surface area (Å²) < 4.78 is 0. The zero-order valence-electron chi connectivity index (χ0n) is 18.9. The molecule has 1 atom stereocenters. The van der Waals surface area contributed by atoms with Gasteiger partial charge in [0, 0.05) is 32.7 Å². The maximum absolute atomic E-state index is 9.52. The van der Waals surface area contributed by atoms with Gasteiger partial charge in [-0.15, -0.1) is 0 Å². The second-order valence-electron chi connectivity index (χ2n) is 8.93. The number of rotatable bonds is 19. The van der Waals surface area contributed by atoms with Gasteiger partial charge in [-0.25, -0.2) is 0 Å². The van der Waals surface area contributed by atoms with Crippen molar-refractivity contribution >= 4 is 0 Å². The standard InChI is InChI=1S/C24H50N2O2/c1-2-3-4-5-6-7-8-9-10-11-12-13-14-15-16-17-25-18-20-26(21-19-25)22-24(28)23-27/h24,27-28H,2-23H2,1H3. The number of aliphatic hydroxyl groups is 2. The molecular formula is C24H50N2O2. The van der Waals surface area contributed by atoms with Crippen molar-refractivity contribution in [3.05, 3.63) is 0 Å². The van der Waals surface area contributed by atoms with Crippen molar-refractivity contribution in [3.8, 4) is 0 Å². The summed E-state index contributed by atoms with van der Waals surface area (Å²) in [6, 6.07) is 0. The van der Waals surface area contributed by atoms with Crippen molar-refractivity contribution in [1.29, 1.82) is 0 Å². The van der Waals surface area contributed by atoms with Crippen LogP contribution in [0, 0.1) is 0 Å². The minimum absolute atomic E-state index is 0.126. The number of unbranched alkanes of at least 4 members (excludes halogenated alkanes) is 14. The normalized spacial score (nSPS) is 17.2. The number of hydrogen-bond donors (Lipinski definition) is 2. The Hall–Kier alpha value is -0.160. The molecule has 168 valence electrons. The predicted octanol–water partition coefficient (Wildman–Crippen LogP) is 4.83. The number of nitrogens with zero attached hydrogens (tertiary/aromatic N) is 2. The van der Waals surface area contributed by atoms with E-state index in [4.69, 9.17) is 5.11 Å². The van der Waals surface area contributed by atoms with E-state index in [1.165, 1.54) is 103 Å². The largest absolute Gasteiger partial charge is 0.394 e. The van der Waals surface area contributed by atoms with Gasteiger partial charge in [-0.2, -0.15) is 0 Å². The SMILES string of the molecule is CCCCCCCCCCCCCCCCCN1CCN(CC(O)CO)CC1. The number of hydrogen-bond acceptors (Lipinski definition) is 4. The lowest BCUT2D eigenvalue weighted by atomic mass is 10.0. The van der Waals surface area contributed by atoms with Crippen LogP contribution in [0.15, 0.2) is 0 Å². The summed E-state index contributed by atoms with van der Waals surface area (Å²) in [5, 5.41) is 18.5. The predicted molar refractivity (Wildman–Crippen MR) is 121 cm³/mol. The van der Waals surface area contributed by atoms with Gasteiger partial charge in [-0.05, 0) is 13.0 Å². The second-order valence-corrected chi connectivity index (χ2v) is 8.93. The average Bonchev–Trinajstić information content (AvgIpc) is 2.72. The molecule has 1 heterocycles. The average molecular weight is 399 g/mol. The molecule has 0 amide bonds. The Morgan fingerprint density at radius 3 is 1.43 bits per heavy atom. The molecule has 0 bridgehead atoms. The van der Waals surface area contributed by atoms with Gasteiger partial charge in [0.1, 0.15) is 0 Å². The van der Waals surface area contributed by atoms with Crippen molar-refractivity contribution in [2.24, 2.45) is 0 Å². The van der Waals surface area contributed by atoms with Crippen LogP contribution in [0.1, 0.15) is 103 Å². The third-order valence-corrected chi connectivity index (χ3v) is 6.22. The molecule has 1 aliphatic rings. The molecule has 0 radical (unpaired) electrons. The lowest BCUT2D eigenvalue weighted by molar-refractivity contribution is 0.0393. The van der Waals surface area contributed by atoms with Gasteiger partial charge in [0.05, 0.1) is 12.7 Å². The van der Waals surface area contributed by atoms with E-state index in [2.05, 4.69) is 16.7 Å². The minimum Gasteiger partial charge on any atom is -0.394 e. The summed E-state index contributed by atoms with van der Waals surface area (Å²) in [5.41, 5.74) is 0. The molecule has 1 saturated heterocycles.